The minimum Gasteiger partial charge on any atom is -0.338 e. The van der Waals surface area contributed by atoms with Gasteiger partial charge in [0.25, 0.3) is 0 Å². The molecule has 9 nitrogen and oxygen atoms in total. The summed E-state index contributed by atoms with van der Waals surface area (Å²) in [4.78, 5) is 25.1. The minimum atomic E-state index is 0.0906. The van der Waals surface area contributed by atoms with Crippen LogP contribution < -0.4 is 4.90 Å². The number of carbonyl (C=O) groups excluding carboxylic acids is 1. The first-order valence-corrected chi connectivity index (χ1v) is 10.0. The number of aromatic nitrogens is 6. The summed E-state index contributed by atoms with van der Waals surface area (Å²) in [6.07, 6.45) is 3.46. The molecule has 4 rings (SSSR count). The molecule has 0 saturated carbocycles. The van der Waals surface area contributed by atoms with Crippen molar-refractivity contribution < 1.29 is 4.79 Å². The van der Waals surface area contributed by atoms with E-state index in [9.17, 15) is 4.79 Å². The van der Waals surface area contributed by atoms with E-state index in [0.717, 1.165) is 18.7 Å². The van der Waals surface area contributed by atoms with Gasteiger partial charge in [-0.3, -0.25) is 4.79 Å². The maximum atomic E-state index is 12.6. The number of piperazine rings is 1. The third-order valence-electron chi connectivity index (χ3n) is 4.47. The Bertz CT molecular complexity index is 896. The highest BCUT2D eigenvalue weighted by molar-refractivity contribution is 7.99. The molecule has 1 aliphatic heterocycles. The molecule has 0 N–H and O–H groups in total. The maximum Gasteiger partial charge on any atom is 0.233 e. The second-order valence-electron chi connectivity index (χ2n) is 6.31. The summed E-state index contributed by atoms with van der Waals surface area (Å²) in [5.41, 5.74) is 1.11. The minimum absolute atomic E-state index is 0.0906. The van der Waals surface area contributed by atoms with E-state index in [1.807, 2.05) is 35.2 Å². The van der Waals surface area contributed by atoms with Crippen molar-refractivity contribution in [1.29, 1.82) is 0 Å². The molecule has 1 amide bonds. The monoisotopic (exact) mass is 396 g/mol. The fourth-order valence-electron chi connectivity index (χ4n) is 2.98. The molecule has 0 bridgehead atoms. The normalized spacial score (nSPS) is 14.3. The van der Waals surface area contributed by atoms with Gasteiger partial charge in [0.05, 0.1) is 12.3 Å². The molecule has 0 spiro atoms. The zero-order valence-electron chi connectivity index (χ0n) is 15.3. The number of hydrogen-bond donors (Lipinski definition) is 0. The van der Waals surface area contributed by atoms with Crippen LogP contribution in [-0.4, -0.2) is 72.9 Å². The van der Waals surface area contributed by atoms with Crippen molar-refractivity contribution in [3.63, 3.8) is 0 Å². The van der Waals surface area contributed by atoms with Crippen LogP contribution in [0.5, 0.6) is 0 Å². The summed E-state index contributed by atoms with van der Waals surface area (Å²) in [5, 5.41) is 12.5. The van der Waals surface area contributed by atoms with Gasteiger partial charge < -0.3 is 9.80 Å². The van der Waals surface area contributed by atoms with Gasteiger partial charge in [0.15, 0.2) is 0 Å². The van der Waals surface area contributed by atoms with Crippen molar-refractivity contribution in [2.75, 3.05) is 36.8 Å². The number of rotatable bonds is 6. The number of anilines is 1. The van der Waals surface area contributed by atoms with Crippen LogP contribution in [0.4, 0.5) is 5.95 Å². The molecular weight excluding hydrogens is 376 g/mol. The summed E-state index contributed by atoms with van der Waals surface area (Å²) in [6.45, 7) is 3.36. The first kappa shape index (κ1) is 18.4. The van der Waals surface area contributed by atoms with Crippen molar-refractivity contribution in [3.8, 4) is 0 Å². The first-order chi connectivity index (χ1) is 13.8. The van der Waals surface area contributed by atoms with Gasteiger partial charge in [0.1, 0.15) is 0 Å². The number of amides is 1. The zero-order chi connectivity index (χ0) is 19.2. The predicted octanol–water partition coefficient (Wildman–Crippen LogP) is 0.952. The summed E-state index contributed by atoms with van der Waals surface area (Å²) in [5.74, 6) is 1.12. The molecule has 0 radical (unpaired) electrons. The average molecular weight is 396 g/mol. The standard InChI is InChI=1S/C18H20N8OS/c27-16(24-9-11-25(12-10-24)17-19-7-4-8-20-17)14-28-18-21-22-23-26(18)13-15-5-2-1-3-6-15/h1-8H,9-14H2. The van der Waals surface area contributed by atoms with E-state index in [1.165, 1.54) is 11.8 Å². The second kappa shape index (κ2) is 8.79. The van der Waals surface area contributed by atoms with Gasteiger partial charge in [-0.05, 0) is 22.1 Å². The number of tetrazole rings is 1. The summed E-state index contributed by atoms with van der Waals surface area (Å²) in [7, 11) is 0. The molecule has 0 aliphatic carbocycles. The topological polar surface area (TPSA) is 92.9 Å². The van der Waals surface area contributed by atoms with Crippen LogP contribution in [-0.2, 0) is 11.3 Å². The van der Waals surface area contributed by atoms with Gasteiger partial charge in [-0.2, -0.15) is 0 Å². The van der Waals surface area contributed by atoms with Crippen LogP contribution in [0.1, 0.15) is 5.56 Å². The van der Waals surface area contributed by atoms with Gasteiger partial charge in [0.2, 0.25) is 17.0 Å². The van der Waals surface area contributed by atoms with E-state index in [1.54, 1.807) is 23.1 Å². The Kier molecular flexibility index (Phi) is 5.76. The molecule has 3 heterocycles. The fraction of sp³-hybridized carbons (Fsp3) is 0.333. The highest BCUT2D eigenvalue weighted by Crippen LogP contribution is 2.17. The molecule has 0 atom stereocenters. The lowest BCUT2D eigenvalue weighted by atomic mass is 10.2. The van der Waals surface area contributed by atoms with Crippen LogP contribution in [0.3, 0.4) is 0 Å². The molecule has 28 heavy (non-hydrogen) atoms. The van der Waals surface area contributed by atoms with E-state index < -0.39 is 0 Å². The van der Waals surface area contributed by atoms with Crippen LogP contribution >= 0.6 is 11.8 Å². The Hall–Kier alpha value is -3.01. The van der Waals surface area contributed by atoms with Gasteiger partial charge in [-0.1, -0.05) is 42.1 Å². The Morgan fingerprint density at radius 2 is 1.75 bits per heavy atom. The SMILES string of the molecule is O=C(CSc1nnnn1Cc1ccccc1)N1CCN(c2ncccn2)CC1. The number of benzene rings is 1. The molecule has 10 heteroatoms. The molecular formula is C18H20N8OS. The summed E-state index contributed by atoms with van der Waals surface area (Å²) >= 11 is 1.37. The van der Waals surface area contributed by atoms with E-state index in [4.69, 9.17) is 0 Å². The largest absolute Gasteiger partial charge is 0.338 e. The molecule has 1 aromatic carbocycles. The van der Waals surface area contributed by atoms with Crippen molar-refractivity contribution in [2.45, 2.75) is 11.7 Å². The van der Waals surface area contributed by atoms with Gasteiger partial charge in [0, 0.05) is 38.6 Å². The Balaban J connectivity index is 1.28. The fourth-order valence-corrected chi connectivity index (χ4v) is 3.76. The number of thioether (sulfide) groups is 1. The lowest BCUT2D eigenvalue weighted by Crippen LogP contribution is -2.49. The van der Waals surface area contributed by atoms with E-state index in [2.05, 4.69) is 30.4 Å². The van der Waals surface area contributed by atoms with Crippen molar-refractivity contribution in [1.82, 2.24) is 35.1 Å². The van der Waals surface area contributed by atoms with Gasteiger partial charge in [-0.15, -0.1) is 5.10 Å². The van der Waals surface area contributed by atoms with E-state index in [0.29, 0.717) is 36.5 Å². The maximum absolute atomic E-state index is 12.6. The molecule has 144 valence electrons. The van der Waals surface area contributed by atoms with Crippen LogP contribution in [0.2, 0.25) is 0 Å². The predicted molar refractivity (Wildman–Crippen MR) is 105 cm³/mol. The second-order valence-corrected chi connectivity index (χ2v) is 7.25. The van der Waals surface area contributed by atoms with Gasteiger partial charge in [-0.25, -0.2) is 14.6 Å². The number of carbonyl (C=O) groups is 1. The van der Waals surface area contributed by atoms with Crippen LogP contribution in [0, 0.1) is 0 Å². The molecule has 1 aliphatic rings. The Morgan fingerprint density at radius 1 is 1.00 bits per heavy atom. The highest BCUT2D eigenvalue weighted by Gasteiger charge is 2.23. The van der Waals surface area contributed by atoms with E-state index in [-0.39, 0.29) is 5.91 Å². The molecule has 3 aromatic rings. The third-order valence-corrected chi connectivity index (χ3v) is 5.41. The lowest BCUT2D eigenvalue weighted by Gasteiger charge is -2.34. The highest BCUT2D eigenvalue weighted by atomic mass is 32.2. The lowest BCUT2D eigenvalue weighted by molar-refractivity contribution is -0.128. The third kappa shape index (κ3) is 4.45. The van der Waals surface area contributed by atoms with Crippen molar-refractivity contribution >= 4 is 23.6 Å². The average Bonchev–Trinajstić information content (AvgIpc) is 3.20. The quantitative estimate of drug-likeness (QED) is 0.569. The number of nitrogens with zero attached hydrogens (tertiary/aromatic N) is 8. The summed E-state index contributed by atoms with van der Waals surface area (Å²) in [6, 6.07) is 11.8. The molecule has 1 saturated heterocycles. The van der Waals surface area contributed by atoms with E-state index >= 15 is 0 Å². The number of hydrogen-bond acceptors (Lipinski definition) is 8. The molecule has 1 fully saturated rings. The Labute approximate surface area is 166 Å². The zero-order valence-corrected chi connectivity index (χ0v) is 16.1. The Morgan fingerprint density at radius 3 is 2.50 bits per heavy atom. The van der Waals surface area contributed by atoms with Gasteiger partial charge >= 0.3 is 0 Å². The van der Waals surface area contributed by atoms with Crippen molar-refractivity contribution in [2.24, 2.45) is 0 Å². The van der Waals surface area contributed by atoms with Crippen molar-refractivity contribution in [3.05, 3.63) is 54.4 Å². The molecule has 0 unspecified atom stereocenters. The van der Waals surface area contributed by atoms with Crippen LogP contribution in [0.15, 0.2) is 53.9 Å². The smallest absolute Gasteiger partial charge is 0.233 e. The first-order valence-electron chi connectivity index (χ1n) is 9.02. The van der Waals surface area contributed by atoms with Crippen LogP contribution in [0.25, 0.3) is 0 Å². The summed E-state index contributed by atoms with van der Waals surface area (Å²) < 4.78 is 1.72. The molecule has 2 aromatic heterocycles.